The maximum Gasteiger partial charge on any atom is 0.268 e. The number of carbonyl (C=O) groups is 1. The number of aliphatic hydroxyl groups excluding tert-OH is 1. The topological polar surface area (TPSA) is 108 Å². The second kappa shape index (κ2) is 46.8. The lowest BCUT2D eigenvalue weighted by atomic mass is 10.0. The van der Waals surface area contributed by atoms with Gasteiger partial charge in [0.1, 0.15) is 13.2 Å². The minimum atomic E-state index is -4.56. The molecule has 8 nitrogen and oxygen atoms in total. The second-order valence-corrected chi connectivity index (χ2v) is 20.3. The van der Waals surface area contributed by atoms with E-state index in [2.05, 4.69) is 104 Å². The SMILES string of the molecule is CC/C=C\C/C=C\C/C=C\C/C=C\C/C=C\C/C=C\C/C=C\CCCCCCCCCCCCCCCCCC(=O)NC(COP(=O)([O-])OCC[N+](C)(C)C)C(O)CCCCCCCC. The van der Waals surface area contributed by atoms with E-state index in [1.54, 1.807) is 0 Å². The predicted octanol–water partition coefficient (Wildman–Crippen LogP) is 15.1. The highest BCUT2D eigenvalue weighted by Crippen LogP contribution is 2.38. The van der Waals surface area contributed by atoms with Crippen molar-refractivity contribution in [3.63, 3.8) is 0 Å². The summed E-state index contributed by atoms with van der Waals surface area (Å²) in [5, 5.41) is 13.8. The van der Waals surface area contributed by atoms with Crippen LogP contribution in [0.3, 0.4) is 0 Å². The Morgan fingerprint density at radius 2 is 0.938 bits per heavy atom. The van der Waals surface area contributed by atoms with Crippen LogP contribution in [0.15, 0.2) is 85.1 Å². The first kappa shape index (κ1) is 62.7. The quantitative estimate of drug-likeness (QED) is 0.0272. The Bertz CT molecular complexity index is 1330. The monoisotopic (exact) mass is 929 g/mol. The molecular formula is C56H101N2O6P. The van der Waals surface area contributed by atoms with Crippen LogP contribution in [0.5, 0.6) is 0 Å². The lowest BCUT2D eigenvalue weighted by molar-refractivity contribution is -0.870. The largest absolute Gasteiger partial charge is 0.756 e. The van der Waals surface area contributed by atoms with Crippen LogP contribution in [-0.2, 0) is 18.4 Å². The van der Waals surface area contributed by atoms with Crippen molar-refractivity contribution in [3.8, 4) is 0 Å². The van der Waals surface area contributed by atoms with Crippen molar-refractivity contribution in [1.29, 1.82) is 0 Å². The molecule has 0 aromatic carbocycles. The molecule has 0 heterocycles. The number of nitrogens with zero attached hydrogens (tertiary/aromatic N) is 1. The maximum absolute atomic E-state index is 12.8. The van der Waals surface area contributed by atoms with E-state index in [-0.39, 0.29) is 19.1 Å². The molecular weight excluding hydrogens is 828 g/mol. The third-order valence-corrected chi connectivity index (χ3v) is 12.4. The van der Waals surface area contributed by atoms with Gasteiger partial charge in [0.05, 0.1) is 39.9 Å². The van der Waals surface area contributed by atoms with Crippen molar-refractivity contribution in [2.45, 2.75) is 225 Å². The molecule has 0 aliphatic rings. The number of aliphatic hydroxyl groups is 1. The zero-order valence-corrected chi connectivity index (χ0v) is 43.6. The van der Waals surface area contributed by atoms with Crippen molar-refractivity contribution in [2.75, 3.05) is 40.9 Å². The predicted molar refractivity (Wildman–Crippen MR) is 279 cm³/mol. The van der Waals surface area contributed by atoms with Gasteiger partial charge in [-0.3, -0.25) is 9.36 Å². The number of likely N-dealkylation sites (N-methyl/N-ethyl adjacent to an activating group) is 1. The molecule has 2 N–H and O–H groups in total. The lowest BCUT2D eigenvalue weighted by Gasteiger charge is -2.30. The van der Waals surface area contributed by atoms with E-state index < -0.39 is 20.0 Å². The summed E-state index contributed by atoms with van der Waals surface area (Å²) in [7, 11) is 1.29. The average molecular weight is 929 g/mol. The Balaban J connectivity index is 3.86. The number of amides is 1. The van der Waals surface area contributed by atoms with Crippen molar-refractivity contribution < 1.29 is 32.9 Å². The molecule has 0 rings (SSSR count). The minimum Gasteiger partial charge on any atom is -0.756 e. The van der Waals surface area contributed by atoms with Gasteiger partial charge in [0.2, 0.25) is 5.91 Å². The molecule has 0 bridgehead atoms. The van der Waals surface area contributed by atoms with Gasteiger partial charge in [0.15, 0.2) is 0 Å². The first-order chi connectivity index (χ1) is 31.5. The van der Waals surface area contributed by atoms with E-state index in [1.807, 2.05) is 21.1 Å². The Kier molecular flexibility index (Phi) is 45.1. The normalized spacial score (nSPS) is 14.8. The minimum absolute atomic E-state index is 0.00919. The molecule has 0 aromatic rings. The fourth-order valence-electron chi connectivity index (χ4n) is 7.25. The molecule has 0 saturated carbocycles. The van der Waals surface area contributed by atoms with Gasteiger partial charge in [-0.05, 0) is 70.6 Å². The van der Waals surface area contributed by atoms with E-state index in [0.717, 1.165) is 83.5 Å². The molecule has 0 radical (unpaired) electrons. The van der Waals surface area contributed by atoms with Crippen molar-refractivity contribution in [1.82, 2.24) is 5.32 Å². The molecule has 3 atom stereocenters. The fraction of sp³-hybridized carbons (Fsp3) is 0.732. The van der Waals surface area contributed by atoms with Crippen molar-refractivity contribution >= 4 is 13.7 Å². The summed E-state index contributed by atoms with van der Waals surface area (Å²) in [4.78, 5) is 25.2. The van der Waals surface area contributed by atoms with Crippen molar-refractivity contribution in [2.24, 2.45) is 0 Å². The smallest absolute Gasteiger partial charge is 0.268 e. The number of nitrogens with one attached hydrogen (secondary N) is 1. The summed E-state index contributed by atoms with van der Waals surface area (Å²) in [6.45, 7) is 4.52. The summed E-state index contributed by atoms with van der Waals surface area (Å²) < 4.78 is 23.2. The molecule has 9 heteroatoms. The highest BCUT2D eigenvalue weighted by Gasteiger charge is 2.24. The van der Waals surface area contributed by atoms with E-state index in [9.17, 15) is 19.4 Å². The Hall–Kier alpha value is -2.32. The average Bonchev–Trinajstić information content (AvgIpc) is 3.26. The zero-order chi connectivity index (χ0) is 47.8. The van der Waals surface area contributed by atoms with Gasteiger partial charge < -0.3 is 28.8 Å². The number of quaternary nitrogens is 1. The number of phosphoric ester groups is 1. The summed E-state index contributed by atoms with van der Waals surface area (Å²) >= 11 is 0. The number of hydrogen-bond acceptors (Lipinski definition) is 6. The third-order valence-electron chi connectivity index (χ3n) is 11.4. The molecule has 376 valence electrons. The molecule has 0 saturated heterocycles. The number of allylic oxidation sites excluding steroid dienone is 14. The van der Waals surface area contributed by atoms with Crippen LogP contribution >= 0.6 is 7.82 Å². The van der Waals surface area contributed by atoms with Gasteiger partial charge in [-0.1, -0.05) is 221 Å². The van der Waals surface area contributed by atoms with E-state index in [0.29, 0.717) is 23.9 Å². The van der Waals surface area contributed by atoms with Crippen LogP contribution < -0.4 is 10.2 Å². The van der Waals surface area contributed by atoms with Crippen LogP contribution in [-0.4, -0.2) is 68.5 Å². The van der Waals surface area contributed by atoms with Gasteiger partial charge in [-0.15, -0.1) is 0 Å². The Morgan fingerprint density at radius 3 is 1.37 bits per heavy atom. The van der Waals surface area contributed by atoms with E-state index in [1.165, 1.54) is 103 Å². The fourth-order valence-corrected chi connectivity index (χ4v) is 7.98. The molecule has 3 unspecified atom stereocenters. The number of unbranched alkanes of at least 4 members (excludes halogenated alkanes) is 20. The molecule has 0 aliphatic carbocycles. The standard InChI is InChI=1S/C56H101N2O6P/c1-6-8-10-12-14-15-16-17-18-19-20-21-22-23-24-25-26-27-28-29-30-31-32-33-34-35-36-37-38-39-40-41-42-43-44-46-48-50-56(60)57-54(55(59)49-47-45-13-11-9-7-2)53-64-65(61,62)63-52-51-58(3,4)5/h8,10,14-15,17-18,20-21,23-24,26-27,29-30,54-55,59H,6-7,9,11-13,16,19,22,25,28,31-53H2,1-5H3,(H-,57,60,61,62)/b10-8-,15-14-,18-17-,21-20-,24-23-,27-26-,30-29-. The van der Waals surface area contributed by atoms with Gasteiger partial charge in [-0.25, -0.2) is 0 Å². The number of hydrogen-bond donors (Lipinski definition) is 2. The van der Waals surface area contributed by atoms with Crippen molar-refractivity contribution in [3.05, 3.63) is 85.1 Å². The molecule has 1 amide bonds. The molecule has 65 heavy (non-hydrogen) atoms. The summed E-state index contributed by atoms with van der Waals surface area (Å²) in [5.74, 6) is -0.173. The van der Waals surface area contributed by atoms with Crippen LogP contribution in [0.2, 0.25) is 0 Å². The second-order valence-electron chi connectivity index (χ2n) is 18.9. The molecule has 0 fully saturated rings. The molecule has 0 aliphatic heterocycles. The van der Waals surface area contributed by atoms with E-state index >= 15 is 0 Å². The number of rotatable bonds is 47. The van der Waals surface area contributed by atoms with Gasteiger partial charge in [0.25, 0.3) is 7.82 Å². The van der Waals surface area contributed by atoms with Gasteiger partial charge in [0, 0.05) is 6.42 Å². The molecule has 0 aromatic heterocycles. The lowest BCUT2D eigenvalue weighted by Crippen LogP contribution is -2.46. The molecule has 0 spiro atoms. The van der Waals surface area contributed by atoms with Crippen LogP contribution in [0.1, 0.15) is 213 Å². The number of phosphoric acid groups is 1. The highest BCUT2D eigenvalue weighted by atomic mass is 31.2. The van der Waals surface area contributed by atoms with Crippen LogP contribution in [0.4, 0.5) is 0 Å². The summed E-state index contributed by atoms with van der Waals surface area (Å²) in [6.07, 6.45) is 65.1. The van der Waals surface area contributed by atoms with Gasteiger partial charge >= 0.3 is 0 Å². The zero-order valence-electron chi connectivity index (χ0n) is 42.7. The van der Waals surface area contributed by atoms with Gasteiger partial charge in [-0.2, -0.15) is 0 Å². The summed E-state index contributed by atoms with van der Waals surface area (Å²) in [5.41, 5.74) is 0. The van der Waals surface area contributed by atoms with Crippen LogP contribution in [0, 0.1) is 0 Å². The first-order valence-corrected chi connectivity index (χ1v) is 27.9. The van der Waals surface area contributed by atoms with Crippen LogP contribution in [0.25, 0.3) is 0 Å². The number of carbonyl (C=O) groups excluding carboxylic acids is 1. The first-order valence-electron chi connectivity index (χ1n) is 26.4. The maximum atomic E-state index is 12.8. The Morgan fingerprint density at radius 1 is 0.554 bits per heavy atom. The Labute approximate surface area is 401 Å². The highest BCUT2D eigenvalue weighted by molar-refractivity contribution is 7.45. The third kappa shape index (κ3) is 49.4. The van der Waals surface area contributed by atoms with E-state index in [4.69, 9.17) is 9.05 Å². The summed E-state index contributed by atoms with van der Waals surface area (Å²) in [6, 6.07) is -0.800.